The Hall–Kier alpha value is -3.77. The van der Waals surface area contributed by atoms with E-state index in [-0.39, 0.29) is 30.5 Å². The van der Waals surface area contributed by atoms with Gasteiger partial charge in [0.2, 0.25) is 5.95 Å². The summed E-state index contributed by atoms with van der Waals surface area (Å²) in [6.45, 7) is 9.62. The summed E-state index contributed by atoms with van der Waals surface area (Å²) in [5, 5.41) is 7.44. The normalized spacial score (nSPS) is 20.8. The van der Waals surface area contributed by atoms with Gasteiger partial charge in [-0.05, 0) is 30.2 Å². The molecule has 0 unspecified atom stereocenters. The van der Waals surface area contributed by atoms with Gasteiger partial charge in [-0.15, -0.1) is 0 Å². The van der Waals surface area contributed by atoms with Crippen molar-refractivity contribution in [2.24, 2.45) is 11.3 Å². The second-order valence-electron chi connectivity index (χ2n) is 12.2. The molecule has 236 valence electrons. The topological polar surface area (TPSA) is 165 Å². The molecule has 2 aromatic carbocycles. The lowest BCUT2D eigenvalue weighted by atomic mass is 9.99. The molecule has 1 aliphatic heterocycles. The summed E-state index contributed by atoms with van der Waals surface area (Å²) < 4.78 is 40.0. The van der Waals surface area contributed by atoms with E-state index >= 15 is 0 Å². The van der Waals surface area contributed by atoms with Crippen molar-refractivity contribution in [3.8, 4) is 5.75 Å². The van der Waals surface area contributed by atoms with Gasteiger partial charge < -0.3 is 25.0 Å². The number of benzene rings is 2. The minimum absolute atomic E-state index is 0.0351. The Balaban J connectivity index is 1.35. The molecule has 44 heavy (non-hydrogen) atoms. The van der Waals surface area contributed by atoms with Crippen molar-refractivity contribution in [1.29, 1.82) is 0 Å². The van der Waals surface area contributed by atoms with Crippen LogP contribution in [0.3, 0.4) is 0 Å². The Morgan fingerprint density at radius 2 is 1.95 bits per heavy atom. The fourth-order valence-electron chi connectivity index (χ4n) is 5.04. The lowest BCUT2D eigenvalue weighted by Crippen LogP contribution is -2.37. The molecule has 1 aliphatic rings. The number of aromatic nitrogens is 4. The summed E-state index contributed by atoms with van der Waals surface area (Å²) in [6.07, 6.45) is 1.38. The van der Waals surface area contributed by atoms with E-state index in [1.807, 2.05) is 62.6 Å². The minimum atomic E-state index is -4.12. The van der Waals surface area contributed by atoms with Crippen molar-refractivity contribution in [1.82, 2.24) is 24.6 Å². The molecule has 1 saturated heterocycles. The Kier molecular flexibility index (Phi) is 9.12. The molecule has 0 bridgehead atoms. The van der Waals surface area contributed by atoms with Crippen LogP contribution in [0.4, 0.5) is 11.8 Å². The lowest BCUT2D eigenvalue weighted by Gasteiger charge is -2.25. The standard InChI is InChI=1S/C30H40N7O6P/c1-18-14-21(42-27(18)37-17-33-24-25(32-6)34-29(31)35-26(24)37)15-41-44(39,36-19(2)28(38)40-16-30(3,4)5)43-23-13-9-11-20-10-7-8-12-22(20)23/h7-13,17-19,21,27H,14-16H2,1-6H3,(H,36,39)(H3,31,32,34,35)/t18-,19+,21-,27+,44-/m0/s1. The van der Waals surface area contributed by atoms with Gasteiger partial charge in [-0.3, -0.25) is 13.9 Å². The summed E-state index contributed by atoms with van der Waals surface area (Å²) in [5.41, 5.74) is 6.81. The van der Waals surface area contributed by atoms with Crippen LogP contribution in [0.1, 0.15) is 47.3 Å². The summed E-state index contributed by atoms with van der Waals surface area (Å²) in [5.74, 6) is 0.458. The monoisotopic (exact) mass is 625 g/mol. The van der Waals surface area contributed by atoms with E-state index in [1.165, 1.54) is 0 Å². The molecule has 3 heterocycles. The van der Waals surface area contributed by atoms with E-state index in [0.29, 0.717) is 29.2 Å². The number of ether oxygens (including phenoxy) is 2. The highest BCUT2D eigenvalue weighted by Gasteiger charge is 2.39. The number of carbonyl (C=O) groups excluding carboxylic acids is 1. The zero-order valence-electron chi connectivity index (χ0n) is 25.8. The quantitative estimate of drug-likeness (QED) is 0.146. The number of hydrogen-bond donors (Lipinski definition) is 3. The van der Waals surface area contributed by atoms with Crippen LogP contribution in [0.15, 0.2) is 48.8 Å². The maximum Gasteiger partial charge on any atom is 0.459 e. The van der Waals surface area contributed by atoms with Crippen LogP contribution in [0.5, 0.6) is 5.75 Å². The lowest BCUT2D eigenvalue weighted by molar-refractivity contribution is -0.148. The molecule has 13 nitrogen and oxygen atoms in total. The molecule has 1 fully saturated rings. The van der Waals surface area contributed by atoms with Crippen molar-refractivity contribution in [3.63, 3.8) is 0 Å². The average molecular weight is 626 g/mol. The molecule has 0 amide bonds. The molecule has 5 rings (SSSR count). The first-order valence-corrected chi connectivity index (χ1v) is 16.1. The number of nitrogens with zero attached hydrogens (tertiary/aromatic N) is 4. The fraction of sp³-hybridized carbons (Fsp3) is 0.467. The molecule has 4 aromatic rings. The van der Waals surface area contributed by atoms with Gasteiger partial charge in [0, 0.05) is 18.4 Å². The molecular weight excluding hydrogens is 585 g/mol. The third-order valence-electron chi connectivity index (χ3n) is 7.15. The van der Waals surface area contributed by atoms with Gasteiger partial charge in [0.05, 0.1) is 25.6 Å². The number of nitrogens with one attached hydrogen (secondary N) is 2. The first-order chi connectivity index (χ1) is 20.9. The van der Waals surface area contributed by atoms with Crippen LogP contribution in [-0.2, 0) is 23.4 Å². The molecule has 0 radical (unpaired) electrons. The predicted octanol–water partition coefficient (Wildman–Crippen LogP) is 5.30. The second-order valence-corrected chi connectivity index (χ2v) is 13.9. The van der Waals surface area contributed by atoms with Crippen LogP contribution in [0, 0.1) is 11.3 Å². The third-order valence-corrected chi connectivity index (χ3v) is 8.78. The number of anilines is 2. The van der Waals surface area contributed by atoms with E-state index in [2.05, 4.69) is 25.4 Å². The predicted molar refractivity (Wildman–Crippen MR) is 168 cm³/mol. The minimum Gasteiger partial charge on any atom is -0.464 e. The van der Waals surface area contributed by atoms with Crippen LogP contribution >= 0.6 is 7.75 Å². The molecule has 0 spiro atoms. The summed E-state index contributed by atoms with van der Waals surface area (Å²) >= 11 is 0. The van der Waals surface area contributed by atoms with Gasteiger partial charge in [0.25, 0.3) is 0 Å². The molecule has 0 aliphatic carbocycles. The van der Waals surface area contributed by atoms with Gasteiger partial charge in [-0.2, -0.15) is 15.1 Å². The number of carbonyl (C=O) groups is 1. The highest BCUT2D eigenvalue weighted by Crippen LogP contribution is 2.48. The number of rotatable bonds is 11. The van der Waals surface area contributed by atoms with Gasteiger partial charge in [0.15, 0.2) is 17.0 Å². The average Bonchev–Trinajstić information content (AvgIpc) is 3.56. The van der Waals surface area contributed by atoms with Gasteiger partial charge in [-0.1, -0.05) is 64.1 Å². The van der Waals surface area contributed by atoms with E-state index < -0.39 is 32.1 Å². The van der Waals surface area contributed by atoms with Crippen LogP contribution in [0.2, 0.25) is 0 Å². The van der Waals surface area contributed by atoms with E-state index in [1.54, 1.807) is 32.4 Å². The van der Waals surface area contributed by atoms with Crippen LogP contribution < -0.4 is 20.7 Å². The molecular formula is C30H40N7O6P. The second kappa shape index (κ2) is 12.7. The number of hydrogen-bond acceptors (Lipinski definition) is 11. The van der Waals surface area contributed by atoms with Gasteiger partial charge in [-0.25, -0.2) is 9.55 Å². The van der Waals surface area contributed by atoms with Crippen molar-refractivity contribution < 1.29 is 27.9 Å². The molecule has 0 saturated carbocycles. The Labute approximate surface area is 256 Å². The van der Waals surface area contributed by atoms with E-state index in [9.17, 15) is 9.36 Å². The van der Waals surface area contributed by atoms with Gasteiger partial charge in [0.1, 0.15) is 18.0 Å². The van der Waals surface area contributed by atoms with Crippen molar-refractivity contribution >= 4 is 47.4 Å². The summed E-state index contributed by atoms with van der Waals surface area (Å²) in [6, 6.07) is 12.1. The number of imidazole rings is 1. The van der Waals surface area contributed by atoms with Crippen molar-refractivity contribution in [2.75, 3.05) is 31.3 Å². The highest BCUT2D eigenvalue weighted by molar-refractivity contribution is 7.52. The number of esters is 1. The largest absolute Gasteiger partial charge is 0.464 e. The van der Waals surface area contributed by atoms with Crippen molar-refractivity contribution in [2.45, 2.75) is 59.4 Å². The number of nitrogens with two attached hydrogens (primary N) is 1. The summed E-state index contributed by atoms with van der Waals surface area (Å²) in [7, 11) is -2.39. The zero-order chi connectivity index (χ0) is 31.6. The number of fused-ring (bicyclic) bond motifs is 2. The molecule has 5 atom stereocenters. The van der Waals surface area contributed by atoms with Crippen molar-refractivity contribution in [3.05, 3.63) is 48.8 Å². The Bertz CT molecular complexity index is 1680. The zero-order valence-corrected chi connectivity index (χ0v) is 26.7. The van der Waals surface area contributed by atoms with Gasteiger partial charge >= 0.3 is 13.7 Å². The molecule has 2 aromatic heterocycles. The highest BCUT2D eigenvalue weighted by atomic mass is 31.2. The Morgan fingerprint density at radius 3 is 2.70 bits per heavy atom. The maximum absolute atomic E-state index is 14.3. The van der Waals surface area contributed by atoms with E-state index in [0.717, 1.165) is 10.8 Å². The van der Waals surface area contributed by atoms with Crippen LogP contribution in [0.25, 0.3) is 21.9 Å². The Morgan fingerprint density at radius 1 is 1.20 bits per heavy atom. The first-order valence-electron chi connectivity index (χ1n) is 14.6. The molecule has 14 heteroatoms. The first kappa shape index (κ1) is 31.6. The SMILES string of the molecule is CNc1nc(N)nc2c1ncn2[C@@H]1O[C@H](CO[P@@](=O)(N[C@H](C)C(=O)OCC(C)(C)C)Oc2cccc3ccccc23)C[C@@H]1C. The maximum atomic E-state index is 14.3. The third kappa shape index (κ3) is 7.13. The smallest absolute Gasteiger partial charge is 0.459 e. The number of nitrogen functional groups attached to an aromatic ring is 1. The summed E-state index contributed by atoms with van der Waals surface area (Å²) in [4.78, 5) is 25.9. The van der Waals surface area contributed by atoms with Crippen LogP contribution in [-0.4, -0.2) is 57.9 Å². The fourth-order valence-corrected chi connectivity index (χ4v) is 6.58. The van der Waals surface area contributed by atoms with E-state index in [4.69, 9.17) is 24.3 Å². The molecule has 4 N–H and O–H groups in total.